The summed E-state index contributed by atoms with van der Waals surface area (Å²) in [6.45, 7) is 3.56. The lowest BCUT2D eigenvalue weighted by molar-refractivity contribution is -0.148. The van der Waals surface area contributed by atoms with Crippen molar-refractivity contribution in [2.24, 2.45) is 5.92 Å². The van der Waals surface area contributed by atoms with E-state index in [1.54, 1.807) is 24.3 Å². The van der Waals surface area contributed by atoms with Gasteiger partial charge in [0.1, 0.15) is 5.75 Å². The van der Waals surface area contributed by atoms with Crippen LogP contribution in [0.4, 0.5) is 0 Å². The summed E-state index contributed by atoms with van der Waals surface area (Å²) >= 11 is 0. The van der Waals surface area contributed by atoms with Crippen LogP contribution in [0, 0.1) is 5.92 Å². The Bertz CT molecular complexity index is 540. The number of benzene rings is 1. The van der Waals surface area contributed by atoms with E-state index in [2.05, 4.69) is 10.9 Å². The molecular weight excluding hydrogens is 300 g/mol. The van der Waals surface area contributed by atoms with Crippen molar-refractivity contribution in [1.82, 2.24) is 10.9 Å². The predicted molar refractivity (Wildman–Crippen MR) is 83.6 cm³/mol. The van der Waals surface area contributed by atoms with E-state index in [1.165, 1.54) is 7.11 Å². The minimum absolute atomic E-state index is 0.267. The van der Waals surface area contributed by atoms with Gasteiger partial charge < -0.3 is 9.47 Å². The Morgan fingerprint density at radius 1 is 1.09 bits per heavy atom. The normalized spacial score (nSPS) is 10.1. The van der Waals surface area contributed by atoms with E-state index in [0.29, 0.717) is 23.7 Å². The van der Waals surface area contributed by atoms with Gasteiger partial charge in [-0.15, -0.1) is 0 Å². The Morgan fingerprint density at radius 3 is 2.30 bits per heavy atom. The van der Waals surface area contributed by atoms with Crippen molar-refractivity contribution in [3.63, 3.8) is 0 Å². The Balaban J connectivity index is 2.29. The summed E-state index contributed by atoms with van der Waals surface area (Å²) in [4.78, 5) is 34.7. The third-order valence-electron chi connectivity index (χ3n) is 2.96. The monoisotopic (exact) mass is 322 g/mol. The molecule has 0 atom stereocenters. The predicted octanol–water partition coefficient (Wildman–Crippen LogP) is 1.44. The van der Waals surface area contributed by atoms with Gasteiger partial charge in [-0.2, -0.15) is 0 Å². The van der Waals surface area contributed by atoms with Gasteiger partial charge in [-0.25, -0.2) is 0 Å². The van der Waals surface area contributed by atoms with E-state index in [9.17, 15) is 14.4 Å². The quantitative estimate of drug-likeness (QED) is 0.585. The lowest BCUT2D eigenvalue weighted by atomic mass is 10.1. The first-order valence-corrected chi connectivity index (χ1v) is 7.31. The molecule has 7 nitrogen and oxygen atoms in total. The van der Waals surface area contributed by atoms with Gasteiger partial charge in [0.05, 0.1) is 7.11 Å². The minimum atomic E-state index is -0.607. The van der Waals surface area contributed by atoms with E-state index in [-0.39, 0.29) is 6.42 Å². The second kappa shape index (κ2) is 9.45. The van der Waals surface area contributed by atoms with Gasteiger partial charge in [0.2, 0.25) is 0 Å². The summed E-state index contributed by atoms with van der Waals surface area (Å²) in [5.41, 5.74) is 4.78. The van der Waals surface area contributed by atoms with Crippen LogP contribution in [0.1, 0.15) is 37.0 Å². The fourth-order valence-electron chi connectivity index (χ4n) is 1.60. The topological polar surface area (TPSA) is 93.7 Å². The highest BCUT2D eigenvalue weighted by Gasteiger charge is 2.10. The number of methoxy groups -OCH3 is 1. The molecule has 0 bridgehead atoms. The highest BCUT2D eigenvalue weighted by atomic mass is 16.5. The number of hydrazine groups is 1. The van der Waals surface area contributed by atoms with E-state index in [0.717, 1.165) is 0 Å². The molecule has 0 fully saturated rings. The van der Waals surface area contributed by atoms with Crippen molar-refractivity contribution in [2.75, 3.05) is 13.7 Å². The summed E-state index contributed by atoms with van der Waals surface area (Å²) in [5.74, 6) is -0.508. The number of hydrogen-bond acceptors (Lipinski definition) is 5. The second-order valence-corrected chi connectivity index (χ2v) is 5.32. The largest absolute Gasteiger partial charge is 0.497 e. The molecule has 0 spiro atoms. The Morgan fingerprint density at radius 2 is 1.74 bits per heavy atom. The molecule has 0 heterocycles. The SMILES string of the molecule is COc1ccc(C(=O)NNC(=O)COC(=O)CCC(C)C)cc1. The van der Waals surface area contributed by atoms with Crippen LogP contribution in [0.3, 0.4) is 0 Å². The number of esters is 1. The first-order valence-electron chi connectivity index (χ1n) is 7.31. The number of hydrogen-bond donors (Lipinski definition) is 2. The average molecular weight is 322 g/mol. The van der Waals surface area contributed by atoms with Gasteiger partial charge in [-0.3, -0.25) is 25.2 Å². The lowest BCUT2D eigenvalue weighted by Crippen LogP contribution is -2.43. The Hall–Kier alpha value is -2.57. The molecule has 0 aliphatic carbocycles. The molecule has 2 N–H and O–H groups in total. The van der Waals surface area contributed by atoms with Crippen LogP contribution in [0.25, 0.3) is 0 Å². The van der Waals surface area contributed by atoms with Crippen molar-refractivity contribution >= 4 is 17.8 Å². The maximum atomic E-state index is 11.8. The van der Waals surface area contributed by atoms with E-state index in [4.69, 9.17) is 9.47 Å². The summed E-state index contributed by atoms with van der Waals surface area (Å²) in [6.07, 6.45) is 0.970. The first-order chi connectivity index (χ1) is 10.9. The van der Waals surface area contributed by atoms with Gasteiger partial charge in [0.25, 0.3) is 11.8 Å². The fourth-order valence-corrected chi connectivity index (χ4v) is 1.60. The fraction of sp³-hybridized carbons (Fsp3) is 0.438. The average Bonchev–Trinajstić information content (AvgIpc) is 2.55. The van der Waals surface area contributed by atoms with Gasteiger partial charge in [-0.1, -0.05) is 13.8 Å². The van der Waals surface area contributed by atoms with Crippen molar-refractivity contribution < 1.29 is 23.9 Å². The number of carbonyl (C=O) groups excluding carboxylic acids is 3. The number of carbonyl (C=O) groups is 3. The lowest BCUT2D eigenvalue weighted by Gasteiger charge is -2.09. The standard InChI is InChI=1S/C16H22N2O5/c1-11(2)4-9-15(20)23-10-14(19)17-18-16(21)12-5-7-13(22-3)8-6-12/h5-8,11H,4,9-10H2,1-3H3,(H,17,19)(H,18,21). The Kier molecular flexibility index (Phi) is 7.59. The zero-order valence-electron chi connectivity index (χ0n) is 13.5. The highest BCUT2D eigenvalue weighted by molar-refractivity contribution is 5.95. The smallest absolute Gasteiger partial charge is 0.306 e. The van der Waals surface area contributed by atoms with Gasteiger partial charge in [-0.05, 0) is 36.6 Å². The molecule has 0 aromatic heterocycles. The van der Waals surface area contributed by atoms with E-state index >= 15 is 0 Å². The summed E-state index contributed by atoms with van der Waals surface area (Å²) in [6, 6.07) is 6.39. The van der Waals surface area contributed by atoms with Crippen molar-refractivity contribution in [3.8, 4) is 5.75 Å². The molecule has 0 saturated carbocycles. The summed E-state index contributed by atoms with van der Waals surface area (Å²) < 4.78 is 9.79. The molecule has 7 heteroatoms. The van der Waals surface area contributed by atoms with Crippen LogP contribution in [-0.4, -0.2) is 31.5 Å². The van der Waals surface area contributed by atoms with Gasteiger partial charge in [0, 0.05) is 12.0 Å². The maximum absolute atomic E-state index is 11.8. The third-order valence-corrected chi connectivity index (χ3v) is 2.96. The molecule has 2 amide bonds. The minimum Gasteiger partial charge on any atom is -0.497 e. The molecule has 23 heavy (non-hydrogen) atoms. The van der Waals surface area contributed by atoms with Crippen LogP contribution in [0.5, 0.6) is 5.75 Å². The third kappa shape index (κ3) is 7.30. The molecular formula is C16H22N2O5. The van der Waals surface area contributed by atoms with Crippen molar-refractivity contribution in [1.29, 1.82) is 0 Å². The molecule has 0 radical (unpaired) electrons. The maximum Gasteiger partial charge on any atom is 0.306 e. The van der Waals surface area contributed by atoms with Crippen LogP contribution >= 0.6 is 0 Å². The number of ether oxygens (including phenoxy) is 2. The molecule has 0 unspecified atom stereocenters. The zero-order valence-corrected chi connectivity index (χ0v) is 13.5. The van der Waals surface area contributed by atoms with Gasteiger partial charge >= 0.3 is 5.97 Å². The van der Waals surface area contributed by atoms with E-state index < -0.39 is 24.4 Å². The highest BCUT2D eigenvalue weighted by Crippen LogP contribution is 2.10. The van der Waals surface area contributed by atoms with Crippen LogP contribution in [0.15, 0.2) is 24.3 Å². The molecule has 0 saturated heterocycles. The van der Waals surface area contributed by atoms with Gasteiger partial charge in [0.15, 0.2) is 6.61 Å². The van der Waals surface area contributed by atoms with Crippen LogP contribution < -0.4 is 15.6 Å². The molecule has 1 aromatic carbocycles. The number of amides is 2. The van der Waals surface area contributed by atoms with Crippen molar-refractivity contribution in [2.45, 2.75) is 26.7 Å². The molecule has 126 valence electrons. The molecule has 0 aliphatic rings. The number of rotatable bonds is 7. The molecule has 1 rings (SSSR count). The van der Waals surface area contributed by atoms with Crippen LogP contribution in [-0.2, 0) is 14.3 Å². The molecule has 1 aromatic rings. The zero-order chi connectivity index (χ0) is 17.2. The summed E-state index contributed by atoms with van der Waals surface area (Å²) in [5, 5.41) is 0. The van der Waals surface area contributed by atoms with Crippen LogP contribution in [0.2, 0.25) is 0 Å². The Labute approximate surface area is 135 Å². The summed E-state index contributed by atoms with van der Waals surface area (Å²) in [7, 11) is 1.53. The van der Waals surface area contributed by atoms with Crippen molar-refractivity contribution in [3.05, 3.63) is 29.8 Å². The second-order valence-electron chi connectivity index (χ2n) is 5.32. The molecule has 0 aliphatic heterocycles. The number of nitrogens with one attached hydrogen (secondary N) is 2. The van der Waals surface area contributed by atoms with E-state index in [1.807, 2.05) is 13.8 Å². The first kappa shape index (κ1) is 18.5.